The Hall–Kier alpha value is -1.69. The minimum Gasteiger partial charge on any atom is -0.394 e. The Morgan fingerprint density at radius 1 is 0.520 bits per heavy atom. The van der Waals surface area contributed by atoms with E-state index in [2.05, 4.69) is 67.8 Å². The fraction of sp³-hybridized carbons (Fsp3) is 0.800. The van der Waals surface area contributed by atoms with Crippen LogP contribution in [0.2, 0.25) is 0 Å². The molecule has 0 bridgehead atoms. The van der Waals surface area contributed by atoms with Crippen LogP contribution < -0.4 is 5.32 Å². The SMILES string of the molecule is CC/C=C/CC/C=C/CCCC(O)C(O)C(CO)NC(=O)CCCCCCCCCCCCC/C=C\C/C=C\CCCCCCCCCCC. The molecule has 0 saturated heterocycles. The summed E-state index contributed by atoms with van der Waals surface area (Å²) in [5.41, 5.74) is 0. The molecule has 0 aromatic rings. The largest absolute Gasteiger partial charge is 0.394 e. The van der Waals surface area contributed by atoms with Crippen molar-refractivity contribution in [1.29, 1.82) is 0 Å². The standard InChI is InChI=1S/C45H83NO4/c1-3-5-7-9-11-13-14-15-16-17-18-19-20-21-22-23-24-25-26-27-28-29-30-32-34-36-38-40-44(49)46-42(41-47)45(50)43(48)39-37-35-33-31-12-10-8-6-4-2/h6,8,18-19,21-22,31,33,42-43,45,47-48,50H,3-5,7,9-17,20,23-30,32,34-41H2,1-2H3,(H,46,49)/b8-6+,19-18-,22-21-,33-31+. The van der Waals surface area contributed by atoms with Gasteiger partial charge in [0.15, 0.2) is 0 Å². The number of carbonyl (C=O) groups is 1. The average molecular weight is 702 g/mol. The fourth-order valence-corrected chi connectivity index (χ4v) is 6.33. The van der Waals surface area contributed by atoms with Gasteiger partial charge in [-0.25, -0.2) is 0 Å². The van der Waals surface area contributed by atoms with Crippen LogP contribution in [0.4, 0.5) is 0 Å². The molecule has 0 aliphatic carbocycles. The van der Waals surface area contributed by atoms with Crippen molar-refractivity contribution in [1.82, 2.24) is 5.32 Å². The Labute approximate surface area is 310 Å². The lowest BCUT2D eigenvalue weighted by molar-refractivity contribution is -0.124. The van der Waals surface area contributed by atoms with E-state index in [1.807, 2.05) is 0 Å². The predicted octanol–water partition coefficient (Wildman–Crippen LogP) is 12.2. The van der Waals surface area contributed by atoms with Crippen molar-refractivity contribution in [3.63, 3.8) is 0 Å². The molecule has 1 amide bonds. The summed E-state index contributed by atoms with van der Waals surface area (Å²) in [7, 11) is 0. The molecule has 3 atom stereocenters. The molecule has 0 aliphatic rings. The number of nitrogens with one attached hydrogen (secondary N) is 1. The molecule has 0 radical (unpaired) electrons. The average Bonchev–Trinajstić information content (AvgIpc) is 3.12. The van der Waals surface area contributed by atoms with Crippen LogP contribution in [0.25, 0.3) is 0 Å². The second-order valence-corrected chi connectivity index (χ2v) is 14.5. The first-order chi connectivity index (χ1) is 24.6. The van der Waals surface area contributed by atoms with Crippen molar-refractivity contribution in [2.45, 2.75) is 225 Å². The molecule has 0 aromatic carbocycles. The number of allylic oxidation sites excluding steroid dienone is 8. The minimum atomic E-state index is -1.17. The summed E-state index contributed by atoms with van der Waals surface area (Å²) in [4.78, 5) is 12.4. The molecule has 0 saturated carbocycles. The van der Waals surface area contributed by atoms with E-state index in [0.29, 0.717) is 12.8 Å². The van der Waals surface area contributed by atoms with Gasteiger partial charge in [-0.2, -0.15) is 0 Å². The van der Waals surface area contributed by atoms with Gasteiger partial charge in [-0.05, 0) is 77.0 Å². The Kier molecular flexibility index (Phi) is 38.7. The molecule has 0 aliphatic heterocycles. The number of aliphatic hydroxyl groups excluding tert-OH is 3. The van der Waals surface area contributed by atoms with Crippen molar-refractivity contribution < 1.29 is 20.1 Å². The van der Waals surface area contributed by atoms with Gasteiger partial charge in [0.1, 0.15) is 6.10 Å². The van der Waals surface area contributed by atoms with Gasteiger partial charge < -0.3 is 20.6 Å². The number of hydrogen-bond donors (Lipinski definition) is 4. The number of aliphatic hydroxyl groups is 3. The Balaban J connectivity index is 3.58. The highest BCUT2D eigenvalue weighted by molar-refractivity contribution is 5.76. The number of amides is 1. The Bertz CT molecular complexity index is 820. The third kappa shape index (κ3) is 34.7. The van der Waals surface area contributed by atoms with E-state index in [-0.39, 0.29) is 12.5 Å². The monoisotopic (exact) mass is 702 g/mol. The van der Waals surface area contributed by atoms with Crippen LogP contribution in [0, 0.1) is 0 Å². The summed E-state index contributed by atoms with van der Waals surface area (Å²) in [5.74, 6) is -0.165. The maximum Gasteiger partial charge on any atom is 0.220 e. The normalized spacial score (nSPS) is 14.1. The number of carbonyl (C=O) groups excluding carboxylic acids is 1. The summed E-state index contributed by atoms with van der Waals surface area (Å²) in [5, 5.41) is 33.3. The number of rotatable bonds is 38. The second kappa shape index (κ2) is 40.1. The zero-order chi connectivity index (χ0) is 36.6. The molecule has 4 N–H and O–H groups in total. The van der Waals surface area contributed by atoms with Crippen molar-refractivity contribution in [2.24, 2.45) is 0 Å². The molecule has 5 nitrogen and oxygen atoms in total. The number of unbranched alkanes of at least 4 members (excludes halogenated alkanes) is 22. The van der Waals surface area contributed by atoms with Crippen molar-refractivity contribution in [2.75, 3.05) is 6.61 Å². The lowest BCUT2D eigenvalue weighted by Crippen LogP contribution is -2.50. The molecule has 292 valence electrons. The van der Waals surface area contributed by atoms with Gasteiger partial charge in [0.05, 0.1) is 18.8 Å². The Morgan fingerprint density at radius 2 is 0.940 bits per heavy atom. The van der Waals surface area contributed by atoms with E-state index < -0.39 is 18.2 Å². The summed E-state index contributed by atoms with van der Waals surface area (Å²) in [6, 6.07) is -0.832. The van der Waals surface area contributed by atoms with Gasteiger partial charge in [0, 0.05) is 6.42 Å². The highest BCUT2D eigenvalue weighted by atomic mass is 16.3. The zero-order valence-corrected chi connectivity index (χ0v) is 33.0. The lowest BCUT2D eigenvalue weighted by Gasteiger charge is -2.26. The molecular weight excluding hydrogens is 618 g/mol. The molecule has 0 heterocycles. The van der Waals surface area contributed by atoms with Gasteiger partial charge in [-0.1, -0.05) is 172 Å². The topological polar surface area (TPSA) is 89.8 Å². The van der Waals surface area contributed by atoms with Crippen molar-refractivity contribution in [3.8, 4) is 0 Å². The highest BCUT2D eigenvalue weighted by Gasteiger charge is 2.26. The maximum atomic E-state index is 12.4. The van der Waals surface area contributed by atoms with Crippen LogP contribution in [-0.4, -0.2) is 46.1 Å². The van der Waals surface area contributed by atoms with E-state index in [0.717, 1.165) is 57.8 Å². The molecule has 0 aromatic heterocycles. The van der Waals surface area contributed by atoms with Gasteiger partial charge in [0.25, 0.3) is 0 Å². The van der Waals surface area contributed by atoms with E-state index in [1.165, 1.54) is 122 Å². The highest BCUT2D eigenvalue weighted by Crippen LogP contribution is 2.14. The van der Waals surface area contributed by atoms with E-state index >= 15 is 0 Å². The quantitative estimate of drug-likeness (QED) is 0.0381. The summed E-state index contributed by atoms with van der Waals surface area (Å²) < 4.78 is 0. The van der Waals surface area contributed by atoms with Crippen molar-refractivity contribution in [3.05, 3.63) is 48.6 Å². The molecule has 3 unspecified atom stereocenters. The summed E-state index contributed by atoms with van der Waals surface area (Å²) >= 11 is 0. The van der Waals surface area contributed by atoms with Gasteiger partial charge in [0.2, 0.25) is 5.91 Å². The zero-order valence-electron chi connectivity index (χ0n) is 33.0. The van der Waals surface area contributed by atoms with Crippen LogP contribution in [0.1, 0.15) is 206 Å². The lowest BCUT2D eigenvalue weighted by atomic mass is 10.0. The van der Waals surface area contributed by atoms with Crippen LogP contribution in [0.5, 0.6) is 0 Å². The van der Waals surface area contributed by atoms with Gasteiger partial charge in [-0.3, -0.25) is 4.79 Å². The van der Waals surface area contributed by atoms with Crippen molar-refractivity contribution >= 4 is 5.91 Å². The second-order valence-electron chi connectivity index (χ2n) is 14.5. The van der Waals surface area contributed by atoms with E-state index in [1.54, 1.807) is 0 Å². The van der Waals surface area contributed by atoms with Crippen LogP contribution >= 0.6 is 0 Å². The first kappa shape index (κ1) is 48.3. The third-order valence-electron chi connectivity index (χ3n) is 9.64. The summed E-state index contributed by atoms with van der Waals surface area (Å²) in [6.07, 6.45) is 51.0. The smallest absolute Gasteiger partial charge is 0.220 e. The summed E-state index contributed by atoms with van der Waals surface area (Å²) in [6.45, 7) is 4.03. The van der Waals surface area contributed by atoms with Crippen LogP contribution in [0.3, 0.4) is 0 Å². The van der Waals surface area contributed by atoms with E-state index in [9.17, 15) is 20.1 Å². The minimum absolute atomic E-state index is 0.165. The maximum absolute atomic E-state index is 12.4. The van der Waals surface area contributed by atoms with Gasteiger partial charge >= 0.3 is 0 Å². The fourth-order valence-electron chi connectivity index (χ4n) is 6.33. The van der Waals surface area contributed by atoms with Crippen LogP contribution in [-0.2, 0) is 4.79 Å². The van der Waals surface area contributed by atoms with Crippen LogP contribution in [0.15, 0.2) is 48.6 Å². The predicted molar refractivity (Wildman–Crippen MR) is 217 cm³/mol. The van der Waals surface area contributed by atoms with E-state index in [4.69, 9.17) is 0 Å². The van der Waals surface area contributed by atoms with Gasteiger partial charge in [-0.15, -0.1) is 0 Å². The molecule has 0 spiro atoms. The molecule has 0 rings (SSSR count). The molecule has 0 fully saturated rings. The Morgan fingerprint density at radius 3 is 1.44 bits per heavy atom. The first-order valence-electron chi connectivity index (χ1n) is 21.4. The molecule has 5 heteroatoms. The first-order valence-corrected chi connectivity index (χ1v) is 21.4. The molecular formula is C45H83NO4. The number of hydrogen-bond acceptors (Lipinski definition) is 4. The molecule has 50 heavy (non-hydrogen) atoms. The third-order valence-corrected chi connectivity index (χ3v) is 9.64.